The number of nitrogens with two attached hydrogens (primary N) is 1. The monoisotopic (exact) mass is 599 g/mol. The highest BCUT2D eigenvalue weighted by molar-refractivity contribution is 7.84. The molecule has 37 heavy (non-hydrogen) atoms. The number of aryl methyl sites for hydroxylation is 1. The molecule has 0 bridgehead atoms. The zero-order valence-corrected chi connectivity index (χ0v) is 21.9. The molecule has 1 saturated heterocycles. The number of nitrogen functional groups attached to an aromatic ring is 1. The molecule has 0 aromatic carbocycles. The van der Waals surface area contributed by atoms with Gasteiger partial charge >= 0.3 is 13.5 Å². The minimum absolute atomic E-state index is 0. The number of hydrogen-bond donors (Lipinski definition) is 10. The Hall–Kier alpha value is -1.62. The van der Waals surface area contributed by atoms with Crippen molar-refractivity contribution in [1.29, 1.82) is 0 Å². The molecule has 1 fully saturated rings. The van der Waals surface area contributed by atoms with E-state index >= 15 is 0 Å². The largest absolute Gasteiger partial charge is 0.756 e. The maximum absolute atomic E-state index is 12.1. The van der Waals surface area contributed by atoms with E-state index in [1.807, 2.05) is 0 Å². The molecule has 214 valence electrons. The summed E-state index contributed by atoms with van der Waals surface area (Å²) in [5, 5.41) is 20.6. The van der Waals surface area contributed by atoms with Crippen LogP contribution in [0.1, 0.15) is 6.23 Å². The van der Waals surface area contributed by atoms with E-state index in [1.54, 1.807) is 0 Å². The van der Waals surface area contributed by atoms with Crippen molar-refractivity contribution in [2.75, 3.05) is 12.3 Å². The van der Waals surface area contributed by atoms with Crippen molar-refractivity contribution in [3.05, 3.63) is 16.7 Å². The smallest absolute Gasteiger partial charge is 0.476 e. The highest BCUT2D eigenvalue weighted by Crippen LogP contribution is 2.63. The number of nitrogens with zero attached hydrogens (tertiary/aromatic N) is 3. The first kappa shape index (κ1) is 37.5. The van der Waals surface area contributed by atoms with Gasteiger partial charge in [0.1, 0.15) is 18.3 Å². The summed E-state index contributed by atoms with van der Waals surface area (Å²) in [5.74, 6) is -0.235. The van der Waals surface area contributed by atoms with Crippen LogP contribution >= 0.6 is 23.1 Å². The Morgan fingerprint density at radius 2 is 1.78 bits per heavy atom. The second-order valence-corrected chi connectivity index (χ2v) is 11.3. The van der Waals surface area contributed by atoms with Gasteiger partial charge in [-0.15, -0.1) is 0 Å². The van der Waals surface area contributed by atoms with E-state index in [0.29, 0.717) is 0 Å². The normalized spacial score (nSPS) is 24.5. The molecule has 2 aromatic heterocycles. The molecule has 2 aromatic rings. The number of hydrogen-bond acceptors (Lipinski definition) is 17. The minimum Gasteiger partial charge on any atom is -0.756 e. The number of nitrogens with one attached hydrogen (secondary N) is 1. The van der Waals surface area contributed by atoms with E-state index < -0.39 is 59.8 Å². The highest BCUT2D eigenvalue weighted by atomic mass is 31.3. The van der Waals surface area contributed by atoms with Crippen molar-refractivity contribution in [2.24, 2.45) is 7.05 Å². The molecular formula is C11H29BN9O13P3. The van der Waals surface area contributed by atoms with Crippen molar-refractivity contribution < 1.29 is 61.0 Å². The van der Waals surface area contributed by atoms with Gasteiger partial charge in [-0.05, 0) is 0 Å². The predicted molar refractivity (Wildman–Crippen MR) is 123 cm³/mol. The van der Waals surface area contributed by atoms with Crippen LogP contribution in [-0.2, 0) is 38.6 Å². The van der Waals surface area contributed by atoms with Crippen LogP contribution in [0.2, 0.25) is 0 Å². The summed E-state index contributed by atoms with van der Waals surface area (Å²) in [5.41, 5.74) is 5.01. The van der Waals surface area contributed by atoms with E-state index in [-0.39, 0.29) is 41.7 Å². The molecule has 0 aliphatic carbocycles. The number of ether oxygens (including phenoxy) is 1. The van der Waals surface area contributed by atoms with Crippen molar-refractivity contribution in [2.45, 2.75) is 24.5 Å². The van der Waals surface area contributed by atoms with Gasteiger partial charge in [0.2, 0.25) is 19.3 Å². The number of aliphatic hydroxyl groups excluding tert-OH is 2. The lowest BCUT2D eigenvalue weighted by Gasteiger charge is -2.26. The third-order valence-electron chi connectivity index (χ3n) is 4.24. The molecule has 1 unspecified atom stereocenters. The standard InChI is InChI=1S/C11H17BN5O13P3.4H3N/c1-16-3-17(8-5(16)9(20)15-11(13)14-8)10-7(19)6(18)4(28-10)2-27-31(12,21)29-33(25,26)30-32(22,23)24;;;;/h3-4,6-7,10,18-19H,2H2,1H3,(H5-,13,14,15,20,22,23,24,25,26);4*1H3/t4-,6-,7-,10-,31-;;;;/m1..../s1. The Morgan fingerprint density at radius 1 is 1.22 bits per heavy atom. The molecule has 0 saturated carbocycles. The average molecular weight is 599 g/mol. The molecule has 19 N–H and O–H groups in total. The molecule has 22 nitrogen and oxygen atoms in total. The van der Waals surface area contributed by atoms with Gasteiger partial charge in [-0.2, -0.15) is 0 Å². The van der Waals surface area contributed by atoms with Crippen LogP contribution in [0.25, 0.3) is 11.2 Å². The third kappa shape index (κ3) is 8.70. The summed E-state index contributed by atoms with van der Waals surface area (Å²) in [7, 11) is -9.91. The van der Waals surface area contributed by atoms with Crippen LogP contribution < -0.4 is 45.4 Å². The van der Waals surface area contributed by atoms with Crippen LogP contribution in [0.4, 0.5) is 5.95 Å². The van der Waals surface area contributed by atoms with Gasteiger partial charge in [-0.1, -0.05) is 4.98 Å². The fourth-order valence-corrected chi connectivity index (χ4v) is 6.13. The van der Waals surface area contributed by atoms with Crippen molar-refractivity contribution in [1.82, 2.24) is 39.1 Å². The van der Waals surface area contributed by atoms with Crippen molar-refractivity contribution in [3.8, 4) is 0 Å². The summed E-state index contributed by atoms with van der Waals surface area (Å²) in [4.78, 5) is 46.8. The summed E-state index contributed by atoms with van der Waals surface area (Å²) in [6.45, 7) is -0.903. The van der Waals surface area contributed by atoms with E-state index in [4.69, 9.17) is 27.8 Å². The second kappa shape index (κ2) is 13.0. The van der Waals surface area contributed by atoms with Gasteiger partial charge in [0, 0.05) is 0 Å². The van der Waals surface area contributed by atoms with Gasteiger partial charge in [0.15, 0.2) is 6.33 Å². The Bertz CT molecular complexity index is 1270. The van der Waals surface area contributed by atoms with Crippen molar-refractivity contribution in [3.63, 3.8) is 0 Å². The Balaban J connectivity index is 0. The number of aliphatic hydroxyl groups is 2. The lowest BCUT2D eigenvalue weighted by atomic mass is 10.1. The predicted octanol–water partition coefficient (Wildman–Crippen LogP) is -2.71. The fraction of sp³-hybridized carbons (Fsp3) is 0.545. The lowest BCUT2D eigenvalue weighted by Crippen LogP contribution is -2.46. The number of fused-ring (bicyclic) bond motifs is 1. The van der Waals surface area contributed by atoms with Crippen LogP contribution in [0.5, 0.6) is 0 Å². The molecule has 0 amide bonds. The van der Waals surface area contributed by atoms with Gasteiger partial charge in [-0.3, -0.25) is 23.5 Å². The first-order valence-corrected chi connectivity index (χ1v) is 13.2. The quantitative estimate of drug-likeness (QED) is 0.0837. The summed E-state index contributed by atoms with van der Waals surface area (Å²) < 4.78 is 53.8. The van der Waals surface area contributed by atoms with Gasteiger partial charge in [-0.25, -0.2) is 17.8 Å². The Morgan fingerprint density at radius 3 is 2.32 bits per heavy atom. The number of aromatic amines is 1. The Kier molecular flexibility index (Phi) is 13.1. The number of aromatic nitrogens is 4. The zero-order valence-electron chi connectivity index (χ0n) is 19.2. The molecule has 3 heterocycles. The maximum Gasteiger partial charge on any atom is 0.476 e. The van der Waals surface area contributed by atoms with Gasteiger partial charge in [0.05, 0.1) is 13.7 Å². The molecular weight excluding hydrogens is 570 g/mol. The van der Waals surface area contributed by atoms with Gasteiger partial charge < -0.3 is 64.5 Å². The molecule has 1 aliphatic rings. The molecule has 0 spiro atoms. The summed E-state index contributed by atoms with van der Waals surface area (Å²) >= 11 is 0. The number of imidazole rings is 1. The Labute approximate surface area is 209 Å². The summed E-state index contributed by atoms with van der Waals surface area (Å²) in [6.07, 6.45) is -4.82. The fourth-order valence-electron chi connectivity index (χ4n) is 3.04. The van der Waals surface area contributed by atoms with Crippen LogP contribution in [-0.4, -0.2) is 67.0 Å². The SMILES string of the molecule is N.N.N.N.[B][P@@](=O)(OC[C@H]1O[C@@H]([n+]2cn(C)c3c(=O)[nH]c(N)nc32)[C@H](O)[C@@H]1O)OP(=O)([O-])OP(=O)(O)O. The van der Waals surface area contributed by atoms with E-state index in [0.717, 1.165) is 0 Å². The molecule has 3 rings (SSSR count). The van der Waals surface area contributed by atoms with Crippen LogP contribution in [0, 0.1) is 0 Å². The zero-order chi connectivity index (χ0) is 24.9. The van der Waals surface area contributed by atoms with Gasteiger partial charge in [0.25, 0.3) is 26.8 Å². The van der Waals surface area contributed by atoms with E-state index in [2.05, 4.69) is 23.1 Å². The number of rotatable bonds is 8. The molecule has 6 atom stereocenters. The second-order valence-electron chi connectivity index (χ2n) is 6.74. The molecule has 26 heteroatoms. The molecule has 2 radical (unpaired) electrons. The minimum atomic E-state index is -5.86. The lowest BCUT2D eigenvalue weighted by molar-refractivity contribution is -0.745. The van der Waals surface area contributed by atoms with Crippen LogP contribution in [0.15, 0.2) is 11.1 Å². The topological polar surface area (TPSA) is 413 Å². The number of H-pyrrole nitrogens is 1. The first-order valence-electron chi connectivity index (χ1n) is 8.60. The maximum atomic E-state index is 12.1. The molecule has 1 aliphatic heterocycles. The van der Waals surface area contributed by atoms with Crippen molar-refractivity contribution >= 4 is 47.8 Å². The number of phosphoric acid groups is 2. The van der Waals surface area contributed by atoms with E-state index in [1.165, 1.54) is 22.5 Å². The van der Waals surface area contributed by atoms with Crippen LogP contribution in [0.3, 0.4) is 0 Å². The highest BCUT2D eigenvalue weighted by Gasteiger charge is 2.47. The first-order chi connectivity index (χ1) is 15.0. The van der Waals surface area contributed by atoms with E-state index in [9.17, 15) is 33.6 Å². The third-order valence-corrected chi connectivity index (χ3v) is 8.11. The summed E-state index contributed by atoms with van der Waals surface area (Å²) in [6, 6.07) is 0. The number of anilines is 1. The average Bonchev–Trinajstić information content (AvgIpc) is 3.07.